The topological polar surface area (TPSA) is 30.5 Å². The van der Waals surface area contributed by atoms with Gasteiger partial charge in [0.15, 0.2) is 0 Å². The molecule has 1 fully saturated rings. The summed E-state index contributed by atoms with van der Waals surface area (Å²) in [4.78, 5) is 0. The molecule has 1 aliphatic rings. The standard InChI is InChI=1S/C15H22ClNO2/c1-4-17-15(14-9-18-5-6-19-14)12-7-11(3)13(16)8-10(12)2/h7-8,14-15,17H,4-6,9H2,1-3H3. The fourth-order valence-electron chi connectivity index (χ4n) is 2.50. The van der Waals surface area contributed by atoms with E-state index < -0.39 is 0 Å². The molecule has 0 amide bonds. The lowest BCUT2D eigenvalue weighted by Gasteiger charge is -2.32. The zero-order valence-corrected chi connectivity index (χ0v) is 12.6. The van der Waals surface area contributed by atoms with Crippen LogP contribution in [0, 0.1) is 13.8 Å². The number of halogens is 1. The molecule has 1 aromatic carbocycles. The predicted molar refractivity (Wildman–Crippen MR) is 77.9 cm³/mol. The normalized spacial score (nSPS) is 21.4. The first-order valence-corrected chi connectivity index (χ1v) is 7.20. The van der Waals surface area contributed by atoms with E-state index in [1.54, 1.807) is 0 Å². The number of likely N-dealkylation sites (N-methyl/N-ethyl adjacent to an activating group) is 1. The Bertz CT molecular complexity index is 430. The highest BCUT2D eigenvalue weighted by atomic mass is 35.5. The van der Waals surface area contributed by atoms with Crippen LogP contribution in [-0.4, -0.2) is 32.5 Å². The van der Waals surface area contributed by atoms with Crippen LogP contribution < -0.4 is 5.32 Å². The maximum Gasteiger partial charge on any atom is 0.100 e. The smallest absolute Gasteiger partial charge is 0.100 e. The Labute approximate surface area is 120 Å². The Morgan fingerprint density at radius 2 is 2.11 bits per heavy atom. The van der Waals surface area contributed by atoms with Gasteiger partial charge in [0.2, 0.25) is 0 Å². The number of hydrogen-bond acceptors (Lipinski definition) is 3. The molecule has 1 aromatic rings. The van der Waals surface area contributed by atoms with Gasteiger partial charge in [-0.25, -0.2) is 0 Å². The van der Waals surface area contributed by atoms with Gasteiger partial charge in [-0.3, -0.25) is 0 Å². The molecule has 0 saturated carbocycles. The van der Waals surface area contributed by atoms with Gasteiger partial charge in [-0.15, -0.1) is 0 Å². The molecule has 0 aromatic heterocycles. The molecule has 0 radical (unpaired) electrons. The average molecular weight is 284 g/mol. The van der Waals surface area contributed by atoms with Crippen molar-refractivity contribution in [3.8, 4) is 0 Å². The number of nitrogens with one attached hydrogen (secondary N) is 1. The van der Waals surface area contributed by atoms with Crippen LogP contribution in [0.25, 0.3) is 0 Å². The van der Waals surface area contributed by atoms with Crippen LogP contribution in [0.4, 0.5) is 0 Å². The van der Waals surface area contributed by atoms with Crippen molar-refractivity contribution in [3.05, 3.63) is 33.8 Å². The quantitative estimate of drug-likeness (QED) is 0.921. The summed E-state index contributed by atoms with van der Waals surface area (Å²) in [6.45, 7) is 9.12. The van der Waals surface area contributed by atoms with Crippen molar-refractivity contribution < 1.29 is 9.47 Å². The van der Waals surface area contributed by atoms with Crippen LogP contribution in [0.3, 0.4) is 0 Å². The molecule has 0 spiro atoms. The maximum atomic E-state index is 6.18. The van der Waals surface area contributed by atoms with Crippen LogP contribution in [0.2, 0.25) is 5.02 Å². The number of aryl methyl sites for hydroxylation is 2. The van der Waals surface area contributed by atoms with E-state index in [4.69, 9.17) is 21.1 Å². The summed E-state index contributed by atoms with van der Waals surface area (Å²) >= 11 is 6.18. The van der Waals surface area contributed by atoms with Crippen LogP contribution in [0.1, 0.15) is 29.7 Å². The highest BCUT2D eigenvalue weighted by molar-refractivity contribution is 6.31. The molecule has 106 valence electrons. The van der Waals surface area contributed by atoms with E-state index in [1.165, 1.54) is 11.1 Å². The molecular weight excluding hydrogens is 262 g/mol. The molecule has 19 heavy (non-hydrogen) atoms. The van der Waals surface area contributed by atoms with Crippen molar-refractivity contribution in [1.29, 1.82) is 0 Å². The van der Waals surface area contributed by atoms with Gasteiger partial charge in [0.25, 0.3) is 0 Å². The van der Waals surface area contributed by atoms with E-state index in [1.807, 2.05) is 13.0 Å². The minimum absolute atomic E-state index is 0.0629. The number of rotatable bonds is 4. The minimum atomic E-state index is 0.0629. The van der Waals surface area contributed by atoms with Gasteiger partial charge < -0.3 is 14.8 Å². The SMILES string of the molecule is CCNC(c1cc(C)c(Cl)cc1C)C1COCCO1. The van der Waals surface area contributed by atoms with Crippen molar-refractivity contribution in [2.45, 2.75) is 32.9 Å². The first-order valence-electron chi connectivity index (χ1n) is 6.83. The van der Waals surface area contributed by atoms with E-state index >= 15 is 0 Å². The predicted octanol–water partition coefficient (Wildman–Crippen LogP) is 3.02. The summed E-state index contributed by atoms with van der Waals surface area (Å²) in [7, 11) is 0. The van der Waals surface area contributed by atoms with Crippen LogP contribution in [-0.2, 0) is 9.47 Å². The molecule has 1 N–H and O–H groups in total. The molecule has 2 atom stereocenters. The van der Waals surface area contributed by atoms with Gasteiger partial charge in [-0.1, -0.05) is 24.6 Å². The molecule has 2 rings (SSSR count). The van der Waals surface area contributed by atoms with Gasteiger partial charge >= 0.3 is 0 Å². The first kappa shape index (κ1) is 14.8. The molecule has 1 saturated heterocycles. The van der Waals surface area contributed by atoms with E-state index in [9.17, 15) is 0 Å². The zero-order chi connectivity index (χ0) is 13.8. The van der Waals surface area contributed by atoms with Crippen molar-refractivity contribution >= 4 is 11.6 Å². The molecule has 4 heteroatoms. The molecule has 3 nitrogen and oxygen atoms in total. The van der Waals surface area contributed by atoms with Crippen molar-refractivity contribution in [2.24, 2.45) is 0 Å². The molecule has 2 unspecified atom stereocenters. The lowest BCUT2D eigenvalue weighted by molar-refractivity contribution is -0.102. The summed E-state index contributed by atoms with van der Waals surface area (Å²) in [6.07, 6.45) is 0.0629. The molecular formula is C15H22ClNO2. The summed E-state index contributed by atoms with van der Waals surface area (Å²) in [5.41, 5.74) is 3.54. The largest absolute Gasteiger partial charge is 0.376 e. The van der Waals surface area contributed by atoms with E-state index in [2.05, 4.69) is 25.2 Å². The summed E-state index contributed by atoms with van der Waals surface area (Å²) < 4.78 is 11.4. The first-order chi connectivity index (χ1) is 9.13. The van der Waals surface area contributed by atoms with Crippen LogP contribution in [0.5, 0.6) is 0 Å². The Morgan fingerprint density at radius 3 is 2.74 bits per heavy atom. The third-order valence-electron chi connectivity index (χ3n) is 3.52. The van der Waals surface area contributed by atoms with E-state index in [0.29, 0.717) is 19.8 Å². The molecule has 0 bridgehead atoms. The Hall–Kier alpha value is -0.610. The highest BCUT2D eigenvalue weighted by Gasteiger charge is 2.27. The summed E-state index contributed by atoms with van der Waals surface area (Å²) in [6, 6.07) is 4.34. The second-order valence-corrected chi connectivity index (χ2v) is 5.38. The third-order valence-corrected chi connectivity index (χ3v) is 3.93. The average Bonchev–Trinajstić information content (AvgIpc) is 2.42. The van der Waals surface area contributed by atoms with Gasteiger partial charge in [-0.05, 0) is 43.1 Å². The summed E-state index contributed by atoms with van der Waals surface area (Å²) in [5, 5.41) is 4.33. The minimum Gasteiger partial charge on any atom is -0.376 e. The van der Waals surface area contributed by atoms with Crippen LogP contribution >= 0.6 is 11.6 Å². The molecule has 1 heterocycles. The second-order valence-electron chi connectivity index (χ2n) is 4.98. The van der Waals surface area contributed by atoms with Crippen molar-refractivity contribution in [1.82, 2.24) is 5.32 Å². The maximum absolute atomic E-state index is 6.18. The van der Waals surface area contributed by atoms with Crippen molar-refractivity contribution in [2.75, 3.05) is 26.4 Å². The Morgan fingerprint density at radius 1 is 1.32 bits per heavy atom. The zero-order valence-electron chi connectivity index (χ0n) is 11.8. The van der Waals surface area contributed by atoms with E-state index in [0.717, 1.165) is 17.1 Å². The van der Waals surface area contributed by atoms with Crippen molar-refractivity contribution in [3.63, 3.8) is 0 Å². The fourth-order valence-corrected chi connectivity index (χ4v) is 2.72. The van der Waals surface area contributed by atoms with Gasteiger partial charge in [0, 0.05) is 5.02 Å². The number of benzene rings is 1. The van der Waals surface area contributed by atoms with E-state index in [-0.39, 0.29) is 12.1 Å². The summed E-state index contributed by atoms with van der Waals surface area (Å²) in [5.74, 6) is 0. The molecule has 0 aliphatic carbocycles. The van der Waals surface area contributed by atoms with Gasteiger partial charge in [0.1, 0.15) is 6.10 Å². The highest BCUT2D eigenvalue weighted by Crippen LogP contribution is 2.28. The van der Waals surface area contributed by atoms with Gasteiger partial charge in [-0.2, -0.15) is 0 Å². The lowest BCUT2D eigenvalue weighted by Crippen LogP contribution is -2.40. The fraction of sp³-hybridized carbons (Fsp3) is 0.600. The van der Waals surface area contributed by atoms with Gasteiger partial charge in [0.05, 0.1) is 25.9 Å². The molecule has 1 aliphatic heterocycles. The second kappa shape index (κ2) is 6.71. The number of hydrogen-bond donors (Lipinski definition) is 1. The lowest BCUT2D eigenvalue weighted by atomic mass is 9.95. The monoisotopic (exact) mass is 283 g/mol. The van der Waals surface area contributed by atoms with Crippen LogP contribution in [0.15, 0.2) is 12.1 Å². The Kier molecular flexibility index (Phi) is 5.22. The third kappa shape index (κ3) is 3.48. The number of ether oxygens (including phenoxy) is 2. The Balaban J connectivity index is 2.29.